The minimum atomic E-state index is -4.75. The third kappa shape index (κ3) is 5.19. The molecule has 0 aromatic rings. The van der Waals surface area contributed by atoms with Gasteiger partial charge in [-0.1, -0.05) is 19.3 Å². The normalized spacial score (nSPS) is 20.5. The van der Waals surface area contributed by atoms with E-state index in [0.717, 1.165) is 25.7 Å². The zero-order chi connectivity index (χ0) is 9.73. The number of halogens is 3. The molecular formula is C8H15BF3O-. The molecule has 1 saturated carbocycles. The maximum atomic E-state index is 11.7. The van der Waals surface area contributed by atoms with Crippen LogP contribution in [-0.4, -0.2) is 20.1 Å². The number of rotatable bonds is 4. The monoisotopic (exact) mass is 195 g/mol. The lowest BCUT2D eigenvalue weighted by atomic mass is 9.89. The van der Waals surface area contributed by atoms with E-state index in [2.05, 4.69) is 4.74 Å². The first-order chi connectivity index (χ1) is 6.08. The fourth-order valence-corrected chi connectivity index (χ4v) is 1.72. The first-order valence-electron chi connectivity index (χ1n) is 4.86. The fourth-order valence-electron chi connectivity index (χ4n) is 1.72. The molecule has 0 heterocycles. The van der Waals surface area contributed by atoms with Crippen molar-refractivity contribution >= 4 is 6.98 Å². The van der Waals surface area contributed by atoms with E-state index in [-0.39, 0.29) is 0 Å². The molecule has 0 aromatic carbocycles. The molecule has 5 heteroatoms. The second-order valence-corrected chi connectivity index (χ2v) is 3.75. The van der Waals surface area contributed by atoms with Gasteiger partial charge in [-0.2, -0.15) is 0 Å². The summed E-state index contributed by atoms with van der Waals surface area (Å²) in [5, 5.41) is 0. The van der Waals surface area contributed by atoms with Crippen LogP contribution in [0.4, 0.5) is 12.9 Å². The average Bonchev–Trinajstić information content (AvgIpc) is 2.04. The molecule has 0 radical (unpaired) electrons. The molecule has 0 spiro atoms. The first kappa shape index (κ1) is 10.9. The standard InChI is InChI=1S/C8H15BF3O/c10-9(11,12)7-13-6-8-4-2-1-3-5-8/h8H,1-7H2/q-1. The third-order valence-corrected chi connectivity index (χ3v) is 2.39. The van der Waals surface area contributed by atoms with Gasteiger partial charge in [-0.3, -0.25) is 0 Å². The van der Waals surface area contributed by atoms with Crippen molar-refractivity contribution in [1.82, 2.24) is 0 Å². The van der Waals surface area contributed by atoms with Gasteiger partial charge >= 0.3 is 6.98 Å². The van der Waals surface area contributed by atoms with Gasteiger partial charge in [0, 0.05) is 13.1 Å². The molecule has 78 valence electrons. The number of ether oxygens (including phenoxy) is 1. The molecule has 1 fully saturated rings. The predicted molar refractivity (Wildman–Crippen MR) is 46.5 cm³/mol. The van der Waals surface area contributed by atoms with Gasteiger partial charge < -0.3 is 17.7 Å². The van der Waals surface area contributed by atoms with Gasteiger partial charge in [-0.05, 0) is 18.8 Å². The van der Waals surface area contributed by atoms with E-state index in [0.29, 0.717) is 12.5 Å². The Morgan fingerprint density at radius 2 is 1.69 bits per heavy atom. The van der Waals surface area contributed by atoms with E-state index >= 15 is 0 Å². The zero-order valence-electron chi connectivity index (χ0n) is 7.65. The van der Waals surface area contributed by atoms with Gasteiger partial charge in [0.15, 0.2) is 0 Å². The van der Waals surface area contributed by atoms with Crippen LogP contribution in [0.25, 0.3) is 0 Å². The van der Waals surface area contributed by atoms with Crippen LogP contribution in [0.2, 0.25) is 0 Å². The van der Waals surface area contributed by atoms with Gasteiger partial charge in [0.25, 0.3) is 0 Å². The summed E-state index contributed by atoms with van der Waals surface area (Å²) in [4.78, 5) is 0. The Balaban J connectivity index is 2.04. The summed E-state index contributed by atoms with van der Waals surface area (Å²) >= 11 is 0. The average molecular weight is 195 g/mol. The van der Waals surface area contributed by atoms with Crippen LogP contribution >= 0.6 is 0 Å². The van der Waals surface area contributed by atoms with Crippen molar-refractivity contribution in [3.8, 4) is 0 Å². The molecule has 0 aliphatic heterocycles. The molecule has 0 saturated heterocycles. The molecule has 0 bridgehead atoms. The van der Waals surface area contributed by atoms with Crippen LogP contribution in [0.5, 0.6) is 0 Å². The highest BCUT2D eigenvalue weighted by Crippen LogP contribution is 2.24. The van der Waals surface area contributed by atoms with Crippen LogP contribution in [-0.2, 0) is 4.74 Å². The van der Waals surface area contributed by atoms with Gasteiger partial charge in [0.05, 0.1) is 0 Å². The molecule has 1 rings (SSSR count). The zero-order valence-corrected chi connectivity index (χ0v) is 7.65. The smallest absolute Gasteiger partial charge is 0.447 e. The van der Waals surface area contributed by atoms with Gasteiger partial charge in [0.2, 0.25) is 0 Å². The summed E-state index contributed by atoms with van der Waals surface area (Å²) in [5.74, 6) is 0.367. The second-order valence-electron chi connectivity index (χ2n) is 3.75. The topological polar surface area (TPSA) is 9.23 Å². The molecule has 0 amide bonds. The Morgan fingerprint density at radius 1 is 1.08 bits per heavy atom. The Hall–Kier alpha value is -0.185. The van der Waals surface area contributed by atoms with Crippen molar-refractivity contribution in [3.63, 3.8) is 0 Å². The van der Waals surface area contributed by atoms with Crippen LogP contribution in [0.15, 0.2) is 0 Å². The lowest BCUT2D eigenvalue weighted by Gasteiger charge is -2.23. The van der Waals surface area contributed by atoms with Gasteiger partial charge in [0.1, 0.15) is 0 Å². The van der Waals surface area contributed by atoms with Crippen molar-refractivity contribution in [1.29, 1.82) is 0 Å². The molecule has 0 unspecified atom stereocenters. The highest BCUT2D eigenvalue weighted by molar-refractivity contribution is 6.58. The lowest BCUT2D eigenvalue weighted by Crippen LogP contribution is -2.26. The quantitative estimate of drug-likeness (QED) is 0.626. The number of hydrogen-bond donors (Lipinski definition) is 0. The highest BCUT2D eigenvalue weighted by Gasteiger charge is 2.24. The summed E-state index contributed by atoms with van der Waals surface area (Å²) < 4.78 is 39.9. The minimum absolute atomic E-state index is 0.293. The summed E-state index contributed by atoms with van der Waals surface area (Å²) in [5.41, 5.74) is 0. The molecule has 13 heavy (non-hydrogen) atoms. The highest BCUT2D eigenvalue weighted by atomic mass is 19.4. The Labute approximate surface area is 76.7 Å². The molecule has 1 aliphatic carbocycles. The second kappa shape index (κ2) is 4.89. The van der Waals surface area contributed by atoms with Crippen molar-refractivity contribution < 1.29 is 17.7 Å². The summed E-state index contributed by atoms with van der Waals surface area (Å²) in [7, 11) is 0. The van der Waals surface area contributed by atoms with Gasteiger partial charge in [-0.15, -0.1) is 0 Å². The van der Waals surface area contributed by atoms with Crippen LogP contribution < -0.4 is 0 Å². The van der Waals surface area contributed by atoms with Gasteiger partial charge in [-0.25, -0.2) is 0 Å². The van der Waals surface area contributed by atoms with Crippen molar-refractivity contribution in [2.75, 3.05) is 13.1 Å². The van der Waals surface area contributed by atoms with E-state index in [9.17, 15) is 12.9 Å². The molecule has 1 nitrogen and oxygen atoms in total. The minimum Gasteiger partial charge on any atom is -0.447 e. The summed E-state index contributed by atoms with van der Waals surface area (Å²) in [6.45, 7) is -5.49. The van der Waals surface area contributed by atoms with E-state index in [4.69, 9.17) is 0 Å². The summed E-state index contributed by atoms with van der Waals surface area (Å²) in [6, 6.07) is 0. The van der Waals surface area contributed by atoms with Crippen molar-refractivity contribution in [2.24, 2.45) is 5.92 Å². The molecule has 1 aliphatic rings. The van der Waals surface area contributed by atoms with E-state index in [1.165, 1.54) is 6.42 Å². The molecule has 0 aromatic heterocycles. The first-order valence-corrected chi connectivity index (χ1v) is 4.86. The molecule has 0 N–H and O–H groups in total. The Bertz CT molecular complexity index is 143. The third-order valence-electron chi connectivity index (χ3n) is 2.39. The fraction of sp³-hybridized carbons (Fsp3) is 1.00. The predicted octanol–water partition coefficient (Wildman–Crippen LogP) is 2.97. The SMILES string of the molecule is F[B-](F)(F)COCC1CCCCC1. The van der Waals surface area contributed by atoms with E-state index < -0.39 is 13.5 Å². The summed E-state index contributed by atoms with van der Waals surface area (Å²) in [6.07, 6.45) is 5.58. The van der Waals surface area contributed by atoms with E-state index in [1.807, 2.05) is 0 Å². The maximum Gasteiger partial charge on any atom is 0.503 e. The lowest BCUT2D eigenvalue weighted by molar-refractivity contribution is 0.0992. The Kier molecular flexibility index (Phi) is 4.10. The maximum absolute atomic E-state index is 11.7. The largest absolute Gasteiger partial charge is 0.503 e. The number of hydrogen-bond acceptors (Lipinski definition) is 1. The molecule has 0 atom stereocenters. The Morgan fingerprint density at radius 3 is 2.23 bits per heavy atom. The van der Waals surface area contributed by atoms with E-state index in [1.54, 1.807) is 0 Å². The van der Waals surface area contributed by atoms with Crippen LogP contribution in [0, 0.1) is 5.92 Å². The van der Waals surface area contributed by atoms with Crippen molar-refractivity contribution in [3.05, 3.63) is 0 Å². The molecular weight excluding hydrogens is 180 g/mol. The van der Waals surface area contributed by atoms with Crippen LogP contribution in [0.1, 0.15) is 32.1 Å². The van der Waals surface area contributed by atoms with Crippen LogP contribution in [0.3, 0.4) is 0 Å². The van der Waals surface area contributed by atoms with Crippen molar-refractivity contribution in [2.45, 2.75) is 32.1 Å².